The van der Waals surface area contributed by atoms with E-state index in [4.69, 9.17) is 23.2 Å². The third kappa shape index (κ3) is 12.5. The fourth-order valence-electron chi connectivity index (χ4n) is 7.58. The molecule has 61 heavy (non-hydrogen) atoms. The molecule has 340 valence electrons. The highest BCUT2D eigenvalue weighted by molar-refractivity contribution is 6.33. The minimum atomic E-state index is -5.09. The summed E-state index contributed by atoms with van der Waals surface area (Å²) in [7, 11) is 2.11. The SMILES string of the molecule is CC[C@H](NC(=O)C(C)(OC)C(F)(F)F)C(=O)N[C@H](C(=O)N(C)[C@H]1CCCCNC(=O)[C@H]2CCCN2C(=O)[C@@H](Cc2cc(Cl)ccc2Cl)NC(=O)[C@H](CC(C)C)NC1=O)C1CC1. The lowest BCUT2D eigenvalue weighted by Gasteiger charge is -2.34. The van der Waals surface area contributed by atoms with Crippen molar-refractivity contribution in [3.8, 4) is 0 Å². The Kier molecular flexibility index (Phi) is 17.3. The van der Waals surface area contributed by atoms with E-state index in [1.54, 1.807) is 18.2 Å². The van der Waals surface area contributed by atoms with Gasteiger partial charge in [-0.3, -0.25) is 33.6 Å². The average Bonchev–Trinajstić information content (AvgIpc) is 3.93. The lowest BCUT2D eigenvalue weighted by Crippen LogP contribution is -2.62. The van der Waals surface area contributed by atoms with E-state index in [1.165, 1.54) is 23.8 Å². The standard InChI is InChI=1S/C41H58Cl2F3N7O8/c1-7-27(50-39(60)40(4,61-6)41(44,45)46)33(54)51-32(23-13-14-23)38(59)52(5)30-11-8-9-17-47-35(56)31-12-10-18-53(31)37(58)29(21-24-20-25(42)15-16-26(24)43)49-34(55)28(19-22(2)3)48-36(30)57/h15-16,20,22-23,27-32H,7-14,17-19,21H2,1-6H3,(H,47,56)(H,48,57)(H,49,55)(H,50,60)(H,51,54)/t27-,28-,29+,30-,31+,32-,40?/m0/s1. The van der Waals surface area contributed by atoms with Gasteiger partial charge in [-0.1, -0.05) is 44.0 Å². The molecule has 1 aromatic rings. The number of benzene rings is 1. The van der Waals surface area contributed by atoms with E-state index in [1.807, 2.05) is 13.8 Å². The molecule has 2 aliphatic heterocycles. The number of likely N-dealkylation sites (N-methyl/N-ethyl adjacent to an activating group) is 1. The first-order valence-electron chi connectivity index (χ1n) is 20.8. The molecule has 7 amide bonds. The molecule has 4 rings (SSSR count). The first kappa shape index (κ1) is 49.5. The van der Waals surface area contributed by atoms with Crippen LogP contribution >= 0.6 is 23.2 Å². The second-order valence-corrected chi connectivity index (χ2v) is 17.5. The van der Waals surface area contributed by atoms with Crippen LogP contribution in [0.4, 0.5) is 13.2 Å². The van der Waals surface area contributed by atoms with E-state index in [-0.39, 0.29) is 50.0 Å². The normalized spacial score (nSPS) is 24.1. The Morgan fingerprint density at radius 2 is 1.62 bits per heavy atom. The molecule has 1 saturated carbocycles. The average molecular weight is 905 g/mol. The van der Waals surface area contributed by atoms with Crippen molar-refractivity contribution < 1.29 is 51.5 Å². The third-order valence-electron chi connectivity index (χ3n) is 11.6. The number of carbonyl (C=O) groups excluding carboxylic acids is 7. The zero-order chi connectivity index (χ0) is 45.4. The molecule has 20 heteroatoms. The molecule has 2 saturated heterocycles. The van der Waals surface area contributed by atoms with Crippen LogP contribution in [0, 0.1) is 11.8 Å². The molecule has 0 radical (unpaired) electrons. The summed E-state index contributed by atoms with van der Waals surface area (Å²) < 4.78 is 45.7. The minimum Gasteiger partial charge on any atom is -0.361 e. The maximum Gasteiger partial charge on any atom is 0.426 e. The number of fused-ring (bicyclic) bond motifs is 1. The van der Waals surface area contributed by atoms with Crippen LogP contribution in [0.5, 0.6) is 0 Å². The van der Waals surface area contributed by atoms with E-state index >= 15 is 0 Å². The van der Waals surface area contributed by atoms with Gasteiger partial charge in [-0.2, -0.15) is 13.2 Å². The molecular weight excluding hydrogens is 846 g/mol. The van der Waals surface area contributed by atoms with Gasteiger partial charge in [-0.05, 0) is 100 Å². The molecule has 1 aromatic carbocycles. The number of ether oxygens (including phenoxy) is 1. The third-order valence-corrected chi connectivity index (χ3v) is 12.2. The zero-order valence-electron chi connectivity index (χ0n) is 35.4. The van der Waals surface area contributed by atoms with Gasteiger partial charge < -0.3 is 41.1 Å². The highest BCUT2D eigenvalue weighted by Crippen LogP contribution is 2.35. The van der Waals surface area contributed by atoms with E-state index in [0.717, 1.165) is 7.11 Å². The number of methoxy groups -OCH3 is 1. The summed E-state index contributed by atoms with van der Waals surface area (Å²) in [6.45, 7) is 6.22. The topological polar surface area (TPSA) is 195 Å². The first-order valence-corrected chi connectivity index (χ1v) is 21.5. The Bertz CT molecular complexity index is 1800. The van der Waals surface area contributed by atoms with Crippen LogP contribution in [-0.4, -0.2) is 126 Å². The number of carbonyl (C=O) groups is 7. The predicted molar refractivity (Wildman–Crippen MR) is 220 cm³/mol. The Morgan fingerprint density at radius 1 is 0.951 bits per heavy atom. The van der Waals surface area contributed by atoms with Gasteiger partial charge in [0.15, 0.2) is 0 Å². The molecule has 3 aliphatic rings. The van der Waals surface area contributed by atoms with Crippen LogP contribution in [0.2, 0.25) is 10.0 Å². The van der Waals surface area contributed by atoms with E-state index < -0.39 is 83.5 Å². The molecule has 0 spiro atoms. The lowest BCUT2D eigenvalue weighted by molar-refractivity contribution is -0.254. The van der Waals surface area contributed by atoms with E-state index in [0.29, 0.717) is 67.6 Å². The minimum absolute atomic E-state index is 0.0676. The van der Waals surface area contributed by atoms with Gasteiger partial charge in [0.25, 0.3) is 5.91 Å². The highest BCUT2D eigenvalue weighted by Gasteiger charge is 2.58. The maximum absolute atomic E-state index is 14.3. The van der Waals surface area contributed by atoms with Gasteiger partial charge in [0.05, 0.1) is 0 Å². The van der Waals surface area contributed by atoms with Crippen molar-refractivity contribution in [3.05, 3.63) is 33.8 Å². The summed E-state index contributed by atoms with van der Waals surface area (Å²) in [5.41, 5.74) is -2.76. The molecule has 1 aliphatic carbocycles. The lowest BCUT2D eigenvalue weighted by atomic mass is 9.99. The zero-order valence-corrected chi connectivity index (χ0v) is 36.9. The fourth-order valence-corrected chi connectivity index (χ4v) is 7.97. The fraction of sp³-hybridized carbons (Fsp3) is 0.683. The number of nitrogens with one attached hydrogen (secondary N) is 5. The van der Waals surface area contributed by atoms with Gasteiger partial charge in [0.2, 0.25) is 41.0 Å². The van der Waals surface area contributed by atoms with Crippen LogP contribution in [0.3, 0.4) is 0 Å². The summed E-state index contributed by atoms with van der Waals surface area (Å²) in [4.78, 5) is 99.5. The van der Waals surface area contributed by atoms with Gasteiger partial charge >= 0.3 is 6.18 Å². The first-order chi connectivity index (χ1) is 28.6. The molecular formula is C41H58Cl2F3N7O8. The van der Waals surface area contributed by atoms with Crippen molar-refractivity contribution in [1.82, 2.24) is 36.4 Å². The Hall–Kier alpha value is -4.16. The number of hydrogen-bond donors (Lipinski definition) is 5. The smallest absolute Gasteiger partial charge is 0.361 e. The molecule has 1 unspecified atom stereocenters. The predicted octanol–water partition coefficient (Wildman–Crippen LogP) is 3.43. The van der Waals surface area contributed by atoms with Gasteiger partial charge in [0, 0.05) is 43.7 Å². The summed E-state index contributed by atoms with van der Waals surface area (Å²) in [5, 5.41) is 13.9. The van der Waals surface area contributed by atoms with Crippen molar-refractivity contribution in [2.45, 2.75) is 140 Å². The molecule has 5 N–H and O–H groups in total. The number of alkyl halides is 3. The monoisotopic (exact) mass is 903 g/mol. The van der Waals surface area contributed by atoms with E-state index in [9.17, 15) is 46.7 Å². The van der Waals surface area contributed by atoms with Gasteiger partial charge in [-0.15, -0.1) is 0 Å². The maximum atomic E-state index is 14.3. The molecule has 0 aromatic heterocycles. The van der Waals surface area contributed by atoms with Crippen molar-refractivity contribution in [1.29, 1.82) is 0 Å². The van der Waals surface area contributed by atoms with Crippen molar-refractivity contribution in [3.63, 3.8) is 0 Å². The van der Waals surface area contributed by atoms with Crippen molar-refractivity contribution >= 4 is 64.6 Å². The molecule has 7 atom stereocenters. The summed E-state index contributed by atoms with van der Waals surface area (Å²) in [6, 6.07) is -2.23. The van der Waals surface area contributed by atoms with Crippen LogP contribution in [0.1, 0.15) is 91.0 Å². The van der Waals surface area contributed by atoms with Crippen molar-refractivity contribution in [2.24, 2.45) is 11.8 Å². The highest BCUT2D eigenvalue weighted by atomic mass is 35.5. The largest absolute Gasteiger partial charge is 0.426 e. The van der Waals surface area contributed by atoms with Crippen molar-refractivity contribution in [2.75, 3.05) is 27.2 Å². The van der Waals surface area contributed by atoms with Crippen LogP contribution in [0.25, 0.3) is 0 Å². The number of amides is 7. The Labute approximate surface area is 364 Å². The molecule has 0 bridgehead atoms. The second kappa shape index (κ2) is 21.3. The van der Waals surface area contributed by atoms with Crippen LogP contribution < -0.4 is 26.6 Å². The molecule has 15 nitrogen and oxygen atoms in total. The van der Waals surface area contributed by atoms with Gasteiger partial charge in [-0.25, -0.2) is 0 Å². The summed E-state index contributed by atoms with van der Waals surface area (Å²) >= 11 is 12.8. The van der Waals surface area contributed by atoms with Crippen LogP contribution in [-0.2, 0) is 44.7 Å². The number of nitrogens with zero attached hydrogens (tertiary/aromatic N) is 2. The summed E-state index contributed by atoms with van der Waals surface area (Å²) in [6.07, 6.45) is -2.24. The molecule has 2 heterocycles. The summed E-state index contributed by atoms with van der Waals surface area (Å²) in [5.74, 6) is -5.84. The Balaban J connectivity index is 1.62. The Morgan fingerprint density at radius 3 is 2.23 bits per heavy atom. The quantitative estimate of drug-likeness (QED) is 0.199. The molecule has 3 fully saturated rings. The number of halogens is 5. The number of rotatable bonds is 13. The number of hydrogen-bond acceptors (Lipinski definition) is 8. The van der Waals surface area contributed by atoms with E-state index in [2.05, 4.69) is 31.3 Å². The van der Waals surface area contributed by atoms with Gasteiger partial charge in [0.1, 0.15) is 36.3 Å². The second-order valence-electron chi connectivity index (χ2n) is 16.6. The van der Waals surface area contributed by atoms with Crippen LogP contribution in [0.15, 0.2) is 18.2 Å².